The highest BCUT2D eigenvalue weighted by Gasteiger charge is 2.18. The maximum atomic E-state index is 13.8. The summed E-state index contributed by atoms with van der Waals surface area (Å²) < 4.78 is 38.2. The monoisotopic (exact) mass is 298 g/mol. The van der Waals surface area contributed by atoms with Crippen molar-refractivity contribution in [2.45, 2.75) is 17.6 Å². The highest BCUT2D eigenvalue weighted by Crippen LogP contribution is 2.21. The SMILES string of the molecule is Cc1cccc(CS(=O)(=O)c2ccc(Cl)cc2)c1F. The Morgan fingerprint density at radius 1 is 1.11 bits per heavy atom. The van der Waals surface area contributed by atoms with Gasteiger partial charge in [0.25, 0.3) is 0 Å². The maximum absolute atomic E-state index is 13.8. The lowest BCUT2D eigenvalue weighted by Crippen LogP contribution is -2.07. The molecule has 0 aliphatic rings. The largest absolute Gasteiger partial charge is 0.223 e. The molecule has 0 N–H and O–H groups in total. The fourth-order valence-electron chi connectivity index (χ4n) is 1.75. The maximum Gasteiger partial charge on any atom is 0.182 e. The first-order valence-corrected chi connectivity index (χ1v) is 7.65. The summed E-state index contributed by atoms with van der Waals surface area (Å²) in [5, 5.41) is 0.459. The quantitative estimate of drug-likeness (QED) is 0.864. The van der Waals surface area contributed by atoms with Crippen LogP contribution in [0.3, 0.4) is 0 Å². The van der Waals surface area contributed by atoms with Crippen molar-refractivity contribution >= 4 is 21.4 Å². The molecule has 0 aliphatic heterocycles. The van der Waals surface area contributed by atoms with Crippen LogP contribution >= 0.6 is 11.6 Å². The molecule has 0 aromatic heterocycles. The fraction of sp³-hybridized carbons (Fsp3) is 0.143. The van der Waals surface area contributed by atoms with Crippen molar-refractivity contribution in [3.8, 4) is 0 Å². The molecule has 2 rings (SSSR count). The molecule has 0 heterocycles. The molecule has 5 heteroatoms. The molecule has 0 spiro atoms. The van der Waals surface area contributed by atoms with Gasteiger partial charge in [0, 0.05) is 10.6 Å². The Morgan fingerprint density at radius 3 is 2.37 bits per heavy atom. The van der Waals surface area contributed by atoms with Crippen molar-refractivity contribution in [2.24, 2.45) is 0 Å². The molecule has 0 atom stereocenters. The summed E-state index contributed by atoms with van der Waals surface area (Å²) in [7, 11) is -3.57. The van der Waals surface area contributed by atoms with E-state index in [1.54, 1.807) is 19.1 Å². The highest BCUT2D eigenvalue weighted by molar-refractivity contribution is 7.90. The predicted octanol–water partition coefficient (Wildman–Crippen LogP) is 3.76. The number of hydrogen-bond acceptors (Lipinski definition) is 2. The van der Waals surface area contributed by atoms with Crippen LogP contribution in [-0.2, 0) is 15.6 Å². The van der Waals surface area contributed by atoms with Gasteiger partial charge in [-0.3, -0.25) is 0 Å². The number of benzene rings is 2. The van der Waals surface area contributed by atoms with Gasteiger partial charge in [-0.05, 0) is 36.8 Å². The summed E-state index contributed by atoms with van der Waals surface area (Å²) in [5.74, 6) is -0.831. The topological polar surface area (TPSA) is 34.1 Å². The minimum absolute atomic E-state index is 0.137. The van der Waals surface area contributed by atoms with Crippen LogP contribution in [0.15, 0.2) is 47.4 Å². The van der Waals surface area contributed by atoms with Crippen molar-refractivity contribution in [1.29, 1.82) is 0 Å². The van der Waals surface area contributed by atoms with Gasteiger partial charge in [0.15, 0.2) is 9.84 Å². The fourth-order valence-corrected chi connectivity index (χ4v) is 3.23. The lowest BCUT2D eigenvalue weighted by molar-refractivity contribution is 0.584. The minimum Gasteiger partial charge on any atom is -0.223 e. The van der Waals surface area contributed by atoms with Crippen LogP contribution in [0, 0.1) is 12.7 Å². The second-order valence-electron chi connectivity index (χ2n) is 4.26. The summed E-state index contributed by atoms with van der Waals surface area (Å²) in [6, 6.07) is 10.6. The van der Waals surface area contributed by atoms with E-state index >= 15 is 0 Å². The van der Waals surface area contributed by atoms with E-state index in [1.807, 2.05) is 0 Å². The molecule has 100 valence electrons. The van der Waals surface area contributed by atoms with Crippen LogP contribution in [0.1, 0.15) is 11.1 Å². The number of hydrogen-bond donors (Lipinski definition) is 0. The van der Waals surface area contributed by atoms with Crippen molar-refractivity contribution < 1.29 is 12.8 Å². The van der Waals surface area contributed by atoms with Crippen LogP contribution in [0.5, 0.6) is 0 Å². The second kappa shape index (κ2) is 5.31. The first kappa shape index (κ1) is 14.0. The third-order valence-electron chi connectivity index (χ3n) is 2.79. The summed E-state index contributed by atoms with van der Waals surface area (Å²) in [5.41, 5.74) is 0.610. The highest BCUT2D eigenvalue weighted by atomic mass is 35.5. The van der Waals surface area contributed by atoms with Gasteiger partial charge in [0.1, 0.15) is 5.82 Å². The van der Waals surface area contributed by atoms with Gasteiger partial charge in [-0.15, -0.1) is 0 Å². The summed E-state index contributed by atoms with van der Waals surface area (Å²) in [4.78, 5) is 0.137. The Hall–Kier alpha value is -1.39. The number of halogens is 2. The van der Waals surface area contributed by atoms with E-state index in [1.165, 1.54) is 30.3 Å². The first-order chi connectivity index (χ1) is 8.90. The average Bonchev–Trinajstić information content (AvgIpc) is 2.35. The smallest absolute Gasteiger partial charge is 0.182 e. The Balaban J connectivity index is 2.36. The molecule has 2 nitrogen and oxygen atoms in total. The van der Waals surface area contributed by atoms with E-state index in [0.717, 1.165) is 0 Å². The van der Waals surface area contributed by atoms with Crippen molar-refractivity contribution in [2.75, 3.05) is 0 Å². The zero-order chi connectivity index (χ0) is 14.0. The van der Waals surface area contributed by atoms with Gasteiger partial charge in [0.2, 0.25) is 0 Å². The molecular formula is C14H12ClFO2S. The van der Waals surface area contributed by atoms with E-state index < -0.39 is 15.7 Å². The summed E-state index contributed by atoms with van der Waals surface area (Å²) >= 11 is 5.71. The molecule has 2 aromatic carbocycles. The average molecular weight is 299 g/mol. The van der Waals surface area contributed by atoms with E-state index in [-0.39, 0.29) is 16.2 Å². The molecule has 0 unspecified atom stereocenters. The first-order valence-electron chi connectivity index (χ1n) is 5.62. The van der Waals surface area contributed by atoms with E-state index in [2.05, 4.69) is 0 Å². The van der Waals surface area contributed by atoms with Gasteiger partial charge >= 0.3 is 0 Å². The Morgan fingerprint density at radius 2 is 1.74 bits per heavy atom. The van der Waals surface area contributed by atoms with Gasteiger partial charge in [-0.2, -0.15) is 0 Å². The van der Waals surface area contributed by atoms with Crippen LogP contribution in [0.25, 0.3) is 0 Å². The third-order valence-corrected chi connectivity index (χ3v) is 4.72. The molecule has 0 amide bonds. The van der Waals surface area contributed by atoms with Gasteiger partial charge in [0.05, 0.1) is 10.6 Å². The van der Waals surface area contributed by atoms with Gasteiger partial charge < -0.3 is 0 Å². The second-order valence-corrected chi connectivity index (χ2v) is 6.69. The lowest BCUT2D eigenvalue weighted by atomic mass is 10.1. The van der Waals surface area contributed by atoms with Crippen molar-refractivity contribution in [3.63, 3.8) is 0 Å². The molecule has 0 saturated heterocycles. The molecule has 19 heavy (non-hydrogen) atoms. The Kier molecular flexibility index (Phi) is 3.92. The van der Waals surface area contributed by atoms with E-state index in [4.69, 9.17) is 11.6 Å². The zero-order valence-electron chi connectivity index (χ0n) is 10.2. The van der Waals surface area contributed by atoms with Gasteiger partial charge in [-0.25, -0.2) is 12.8 Å². The Bertz CT molecular complexity index is 694. The molecule has 2 aromatic rings. The van der Waals surface area contributed by atoms with Crippen LogP contribution in [0.2, 0.25) is 5.02 Å². The Labute approximate surface area is 116 Å². The molecule has 0 aliphatic carbocycles. The van der Waals surface area contributed by atoms with Gasteiger partial charge in [-0.1, -0.05) is 29.8 Å². The summed E-state index contributed by atoms with van der Waals surface area (Å²) in [6.07, 6.45) is 0. The minimum atomic E-state index is -3.57. The van der Waals surface area contributed by atoms with Crippen LogP contribution < -0.4 is 0 Å². The van der Waals surface area contributed by atoms with Crippen LogP contribution in [-0.4, -0.2) is 8.42 Å². The summed E-state index contributed by atoms with van der Waals surface area (Å²) in [6.45, 7) is 1.60. The molecular weight excluding hydrogens is 287 g/mol. The molecule has 0 bridgehead atoms. The predicted molar refractivity (Wildman–Crippen MR) is 73.5 cm³/mol. The van der Waals surface area contributed by atoms with Crippen molar-refractivity contribution in [1.82, 2.24) is 0 Å². The van der Waals surface area contributed by atoms with Crippen LogP contribution in [0.4, 0.5) is 4.39 Å². The normalized spacial score (nSPS) is 11.5. The molecule has 0 radical (unpaired) electrons. The lowest BCUT2D eigenvalue weighted by Gasteiger charge is -2.07. The molecule has 0 fully saturated rings. The number of sulfone groups is 1. The molecule has 0 saturated carbocycles. The van der Waals surface area contributed by atoms with E-state index in [0.29, 0.717) is 10.6 Å². The number of aryl methyl sites for hydroxylation is 1. The van der Waals surface area contributed by atoms with Crippen molar-refractivity contribution in [3.05, 3.63) is 64.4 Å². The van der Waals surface area contributed by atoms with E-state index in [9.17, 15) is 12.8 Å². The standard InChI is InChI=1S/C14H12ClFO2S/c1-10-3-2-4-11(14(10)16)9-19(17,18)13-7-5-12(15)6-8-13/h2-8H,9H2,1H3. The third kappa shape index (κ3) is 3.14. The zero-order valence-corrected chi connectivity index (χ0v) is 11.8. The number of rotatable bonds is 3.